The summed E-state index contributed by atoms with van der Waals surface area (Å²) in [5, 5.41) is 1.37. The molecule has 1 aliphatic heterocycles. The Morgan fingerprint density at radius 1 is 1.37 bits per heavy atom. The smallest absolute Gasteiger partial charge is 0.229 e. The topological polar surface area (TPSA) is 20.3 Å². The van der Waals surface area contributed by atoms with Gasteiger partial charge in [-0.3, -0.25) is 4.79 Å². The summed E-state index contributed by atoms with van der Waals surface area (Å²) >= 11 is 12.4. The van der Waals surface area contributed by atoms with E-state index in [4.69, 9.17) is 23.2 Å². The van der Waals surface area contributed by atoms with Crippen LogP contribution < -0.4 is 0 Å². The van der Waals surface area contributed by atoms with Crippen LogP contribution in [-0.4, -0.2) is 17.4 Å². The number of halogens is 2. The summed E-state index contributed by atoms with van der Waals surface area (Å²) in [5.41, 5.74) is 2.32. The van der Waals surface area contributed by atoms with Gasteiger partial charge in [-0.25, -0.2) is 0 Å². The van der Waals surface area contributed by atoms with Gasteiger partial charge in [0.15, 0.2) is 0 Å². The molecular weight excluding hydrogens is 281 g/mol. The molecule has 0 aromatic heterocycles. The van der Waals surface area contributed by atoms with Crippen LogP contribution in [0.4, 0.5) is 0 Å². The fraction of sp³-hybridized carbons (Fsp3) is 0.533. The Morgan fingerprint density at radius 3 is 2.68 bits per heavy atom. The molecule has 1 amide bonds. The van der Waals surface area contributed by atoms with Crippen LogP contribution in [0.15, 0.2) is 12.1 Å². The Hall–Kier alpha value is -0.730. The maximum atomic E-state index is 12.6. The number of carbonyl (C=O) groups excluding carboxylic acids is 1. The number of hydrogen-bond donors (Lipinski definition) is 0. The van der Waals surface area contributed by atoms with Gasteiger partial charge in [0.2, 0.25) is 5.91 Å². The van der Waals surface area contributed by atoms with Crippen LogP contribution in [0.1, 0.15) is 36.9 Å². The zero-order valence-electron chi connectivity index (χ0n) is 10.7. The molecule has 100 valence electrons. The van der Waals surface area contributed by atoms with Crippen molar-refractivity contribution in [2.24, 2.45) is 11.3 Å². The quantitative estimate of drug-likeness (QED) is 0.771. The van der Waals surface area contributed by atoms with Crippen LogP contribution >= 0.6 is 23.2 Å². The van der Waals surface area contributed by atoms with Gasteiger partial charge in [-0.2, -0.15) is 0 Å². The number of amides is 1. The van der Waals surface area contributed by atoms with Crippen LogP contribution in [0.5, 0.6) is 0 Å². The summed E-state index contributed by atoms with van der Waals surface area (Å²) in [7, 11) is 0. The Kier molecular flexibility index (Phi) is 2.33. The van der Waals surface area contributed by atoms with Crippen molar-refractivity contribution in [2.45, 2.75) is 32.2 Å². The normalized spacial score (nSPS) is 34.6. The van der Waals surface area contributed by atoms with E-state index in [9.17, 15) is 4.79 Å². The summed E-state index contributed by atoms with van der Waals surface area (Å²) in [6, 6.07) is 3.83. The van der Waals surface area contributed by atoms with Crippen LogP contribution in [0, 0.1) is 11.3 Å². The molecule has 0 radical (unpaired) electrons. The molecule has 1 atom stereocenters. The van der Waals surface area contributed by atoms with E-state index in [0.717, 1.165) is 31.4 Å². The second kappa shape index (κ2) is 3.67. The van der Waals surface area contributed by atoms with Crippen molar-refractivity contribution in [2.75, 3.05) is 6.54 Å². The SMILES string of the molecule is CC1c2c(Cl)cc(Cl)cc2CCN1C(=O)C12CC1C2. The number of carbonyl (C=O) groups is 1. The van der Waals surface area contributed by atoms with E-state index in [1.165, 1.54) is 5.56 Å². The van der Waals surface area contributed by atoms with Gasteiger partial charge in [0.1, 0.15) is 0 Å². The number of benzene rings is 1. The molecule has 0 saturated heterocycles. The number of fused-ring (bicyclic) bond motifs is 2. The van der Waals surface area contributed by atoms with Crippen LogP contribution in [0.2, 0.25) is 10.0 Å². The number of nitrogens with zero attached hydrogens (tertiary/aromatic N) is 1. The average molecular weight is 296 g/mol. The lowest BCUT2D eigenvalue weighted by Gasteiger charge is -2.37. The van der Waals surface area contributed by atoms with E-state index in [2.05, 4.69) is 6.92 Å². The summed E-state index contributed by atoms with van der Waals surface area (Å²) in [6.45, 7) is 2.87. The lowest BCUT2D eigenvalue weighted by atomic mass is 9.92. The molecule has 1 aromatic carbocycles. The van der Waals surface area contributed by atoms with Crippen molar-refractivity contribution in [3.63, 3.8) is 0 Å². The zero-order chi connectivity index (χ0) is 13.4. The van der Waals surface area contributed by atoms with E-state index in [-0.39, 0.29) is 11.5 Å². The minimum Gasteiger partial charge on any atom is -0.335 e. The maximum Gasteiger partial charge on any atom is 0.229 e. The monoisotopic (exact) mass is 295 g/mol. The second-order valence-electron chi connectivity index (χ2n) is 6.15. The molecule has 2 fully saturated rings. The third-order valence-electron chi connectivity index (χ3n) is 5.06. The molecule has 1 unspecified atom stereocenters. The molecule has 1 heterocycles. The first-order valence-electron chi connectivity index (χ1n) is 6.82. The highest BCUT2D eigenvalue weighted by Gasteiger charge is 2.75. The highest BCUT2D eigenvalue weighted by atomic mass is 35.5. The van der Waals surface area contributed by atoms with Crippen molar-refractivity contribution in [1.29, 1.82) is 0 Å². The Morgan fingerprint density at radius 2 is 2.05 bits per heavy atom. The van der Waals surface area contributed by atoms with Crippen LogP contribution in [-0.2, 0) is 11.2 Å². The minimum absolute atomic E-state index is 0.0463. The fourth-order valence-electron chi connectivity index (χ4n) is 3.52. The van der Waals surface area contributed by atoms with Crippen molar-refractivity contribution >= 4 is 29.1 Å². The Bertz CT molecular complexity index is 592. The van der Waals surface area contributed by atoms with Gasteiger partial charge in [0.25, 0.3) is 0 Å². The van der Waals surface area contributed by atoms with Crippen LogP contribution in [0.3, 0.4) is 0 Å². The largest absolute Gasteiger partial charge is 0.335 e. The molecule has 4 heteroatoms. The van der Waals surface area contributed by atoms with Gasteiger partial charge in [-0.05, 0) is 55.4 Å². The minimum atomic E-state index is 0.0463. The third-order valence-corrected chi connectivity index (χ3v) is 5.59. The predicted molar refractivity (Wildman–Crippen MR) is 75.5 cm³/mol. The van der Waals surface area contributed by atoms with Crippen molar-refractivity contribution < 1.29 is 4.79 Å². The first-order valence-corrected chi connectivity index (χ1v) is 7.57. The maximum absolute atomic E-state index is 12.6. The van der Waals surface area contributed by atoms with E-state index in [0.29, 0.717) is 21.9 Å². The highest BCUT2D eigenvalue weighted by Crippen LogP contribution is 2.76. The van der Waals surface area contributed by atoms with Gasteiger partial charge >= 0.3 is 0 Å². The molecule has 2 aliphatic carbocycles. The first-order chi connectivity index (χ1) is 9.03. The van der Waals surface area contributed by atoms with E-state index in [1.807, 2.05) is 11.0 Å². The lowest BCUT2D eigenvalue weighted by Crippen LogP contribution is -2.41. The first kappa shape index (κ1) is 12.0. The van der Waals surface area contributed by atoms with Gasteiger partial charge in [-0.15, -0.1) is 0 Å². The Labute approximate surface area is 122 Å². The van der Waals surface area contributed by atoms with Gasteiger partial charge in [0.05, 0.1) is 11.5 Å². The molecule has 2 saturated carbocycles. The summed E-state index contributed by atoms with van der Waals surface area (Å²) in [6.07, 6.45) is 3.07. The van der Waals surface area contributed by atoms with Gasteiger partial charge in [0, 0.05) is 16.6 Å². The summed E-state index contributed by atoms with van der Waals surface area (Å²) in [5.74, 6) is 1.04. The molecule has 0 N–H and O–H groups in total. The summed E-state index contributed by atoms with van der Waals surface area (Å²) < 4.78 is 0. The molecule has 0 bridgehead atoms. The van der Waals surface area contributed by atoms with Gasteiger partial charge in [-0.1, -0.05) is 23.2 Å². The van der Waals surface area contributed by atoms with E-state index >= 15 is 0 Å². The molecule has 4 rings (SSSR count). The Balaban J connectivity index is 1.70. The van der Waals surface area contributed by atoms with Crippen molar-refractivity contribution in [3.05, 3.63) is 33.3 Å². The van der Waals surface area contributed by atoms with Crippen LogP contribution in [0.25, 0.3) is 0 Å². The molecule has 3 aliphatic rings. The standard InChI is InChI=1S/C15H15Cl2NO/c1-8-13-9(4-11(16)5-12(13)17)2-3-18(8)14(19)15-6-10(15)7-15/h4-5,8,10H,2-3,6-7H2,1H3. The number of hydrogen-bond acceptors (Lipinski definition) is 1. The molecule has 0 spiro atoms. The van der Waals surface area contributed by atoms with Gasteiger partial charge < -0.3 is 4.90 Å². The van der Waals surface area contributed by atoms with E-state index in [1.54, 1.807) is 6.07 Å². The molecule has 19 heavy (non-hydrogen) atoms. The summed E-state index contributed by atoms with van der Waals surface area (Å²) in [4.78, 5) is 14.6. The van der Waals surface area contributed by atoms with Crippen molar-refractivity contribution in [1.82, 2.24) is 4.90 Å². The third kappa shape index (κ3) is 1.59. The number of rotatable bonds is 1. The molecule has 1 aromatic rings. The highest BCUT2D eigenvalue weighted by molar-refractivity contribution is 6.35. The average Bonchev–Trinajstić information content (AvgIpc) is 3.15. The fourth-order valence-corrected chi connectivity index (χ4v) is 4.21. The zero-order valence-corrected chi connectivity index (χ0v) is 12.3. The second-order valence-corrected chi connectivity index (χ2v) is 6.99. The van der Waals surface area contributed by atoms with E-state index < -0.39 is 0 Å². The van der Waals surface area contributed by atoms with Crippen molar-refractivity contribution in [3.8, 4) is 0 Å². The predicted octanol–water partition coefficient (Wildman–Crippen LogP) is 3.85. The molecule has 2 nitrogen and oxygen atoms in total. The lowest BCUT2D eigenvalue weighted by molar-refractivity contribution is -0.137. The molecular formula is C15H15Cl2NO.